The molecule has 11 nitrogen and oxygen atoms in total. The number of carbonyl (C=O) groups is 4. The van der Waals surface area contributed by atoms with E-state index in [0.29, 0.717) is 49.6 Å². The molecule has 1 aliphatic heterocycles. The SMILES string of the molecule is COC(=O)/C=C/C(=O)Nc1ccc(O)cc1/C=C/C(=O)OC[C@@]12CC[C@@]3(C(=O)O)CCC(C)(C)CC3C1=CCC1[C@@]3(C)CCC4(OCCO4)C(C)(C)C3CC[C@]12C. The summed E-state index contributed by atoms with van der Waals surface area (Å²) in [5, 5.41) is 23.9. The van der Waals surface area contributed by atoms with Crippen molar-refractivity contribution in [3.63, 3.8) is 0 Å². The first kappa shape index (κ1) is 41.2. The summed E-state index contributed by atoms with van der Waals surface area (Å²) in [4.78, 5) is 51.2. The first-order valence-corrected chi connectivity index (χ1v) is 20.7. The van der Waals surface area contributed by atoms with Crippen LogP contribution in [0.5, 0.6) is 5.75 Å². The van der Waals surface area contributed by atoms with Gasteiger partial charge in [-0.15, -0.1) is 0 Å². The van der Waals surface area contributed by atoms with Gasteiger partial charge in [-0.05, 0) is 116 Å². The van der Waals surface area contributed by atoms with Gasteiger partial charge in [0.2, 0.25) is 5.91 Å². The summed E-state index contributed by atoms with van der Waals surface area (Å²) in [6.45, 7) is 15.4. The smallest absolute Gasteiger partial charge is 0.330 e. The van der Waals surface area contributed by atoms with Gasteiger partial charge in [0.25, 0.3) is 0 Å². The highest BCUT2D eigenvalue weighted by molar-refractivity contribution is 6.04. The quantitative estimate of drug-likeness (QED) is 0.102. The molecule has 5 aliphatic carbocycles. The van der Waals surface area contributed by atoms with Crippen molar-refractivity contribution in [1.82, 2.24) is 0 Å². The number of esters is 2. The Bertz CT molecular complexity index is 1900. The Kier molecular flexibility index (Phi) is 10.4. The standard InChI is InChI=1S/C46H61NO10/c1-40(2)18-20-44(39(52)53)21-22-45(28-55-38(51)14-8-29-26-30(48)9-11-33(29)47-36(49)13-15-37(50)54-7)31(32(44)27-40)10-12-35-42(5)19-23-46(56-24-25-57-46)41(3,4)34(42)16-17-43(35,45)6/h8-11,13-15,26,32,34-35,48H,12,16-25,27-28H2,1-7H3,(H,47,49)(H,52,53)/b14-8+,15-13+/t32?,34?,35?,42-,43+,44-,45-/m0/s1. The Morgan fingerprint density at radius 1 is 0.877 bits per heavy atom. The van der Waals surface area contributed by atoms with E-state index in [-0.39, 0.29) is 45.9 Å². The second-order valence-corrected chi connectivity index (χ2v) is 19.7. The lowest BCUT2D eigenvalue weighted by molar-refractivity contribution is -0.308. The van der Waals surface area contributed by atoms with E-state index < -0.39 is 40.4 Å². The Labute approximate surface area is 336 Å². The third-order valence-corrected chi connectivity index (χ3v) is 16.3. The minimum atomic E-state index is -0.850. The van der Waals surface area contributed by atoms with Crippen LogP contribution in [-0.2, 0) is 38.1 Å². The maximum Gasteiger partial charge on any atom is 0.330 e. The van der Waals surface area contributed by atoms with Gasteiger partial charge in [-0.1, -0.05) is 53.2 Å². The molecule has 3 N–H and O–H groups in total. The summed E-state index contributed by atoms with van der Waals surface area (Å²) in [5.41, 5.74) is -0.139. The maximum absolute atomic E-state index is 13.8. The highest BCUT2D eigenvalue weighted by Gasteiger charge is 2.73. The number of ether oxygens (including phenoxy) is 4. The molecule has 1 aromatic rings. The highest BCUT2D eigenvalue weighted by atomic mass is 16.7. The normalized spacial score (nSPS) is 36.0. The Morgan fingerprint density at radius 3 is 2.30 bits per heavy atom. The number of hydrogen-bond acceptors (Lipinski definition) is 9. The van der Waals surface area contributed by atoms with Gasteiger partial charge in [0.15, 0.2) is 5.79 Å². The molecule has 1 spiro atoms. The third-order valence-electron chi connectivity index (χ3n) is 16.3. The van der Waals surface area contributed by atoms with E-state index in [1.54, 1.807) is 0 Å². The van der Waals surface area contributed by atoms with E-state index in [0.717, 1.165) is 57.1 Å². The fourth-order valence-corrected chi connectivity index (χ4v) is 13.2. The number of hydrogen-bond donors (Lipinski definition) is 3. The van der Waals surface area contributed by atoms with Crippen LogP contribution in [0.1, 0.15) is 111 Å². The van der Waals surface area contributed by atoms with Gasteiger partial charge in [0, 0.05) is 46.7 Å². The third kappa shape index (κ3) is 6.55. The maximum atomic E-state index is 13.8. The zero-order chi connectivity index (χ0) is 41.2. The van der Waals surface area contributed by atoms with Crippen molar-refractivity contribution in [3.05, 3.63) is 53.6 Å². The average Bonchev–Trinajstić information content (AvgIpc) is 3.65. The predicted molar refractivity (Wildman–Crippen MR) is 214 cm³/mol. The Hall–Kier alpha value is -3.96. The van der Waals surface area contributed by atoms with E-state index in [1.807, 2.05) is 0 Å². The summed E-state index contributed by atoms with van der Waals surface area (Å²) < 4.78 is 23.8. The number of carbonyl (C=O) groups excluding carboxylic acids is 3. The van der Waals surface area contributed by atoms with Gasteiger partial charge in [0.1, 0.15) is 12.4 Å². The molecule has 1 saturated heterocycles. The van der Waals surface area contributed by atoms with Crippen LogP contribution in [-0.4, -0.2) is 66.7 Å². The van der Waals surface area contributed by atoms with Crippen LogP contribution in [0, 0.1) is 50.2 Å². The topological polar surface area (TPSA) is 158 Å². The van der Waals surface area contributed by atoms with Crippen LogP contribution in [0.25, 0.3) is 6.08 Å². The van der Waals surface area contributed by atoms with Crippen LogP contribution in [0.2, 0.25) is 0 Å². The number of allylic oxidation sites excluding steroid dienone is 1. The lowest BCUT2D eigenvalue weighted by Crippen LogP contribution is -2.68. The number of fused-ring (bicyclic) bond motifs is 7. The zero-order valence-corrected chi connectivity index (χ0v) is 34.7. The average molecular weight is 788 g/mol. The lowest BCUT2D eigenvalue weighted by atomic mass is 9.33. The van der Waals surface area contributed by atoms with Crippen LogP contribution < -0.4 is 5.32 Å². The zero-order valence-electron chi connectivity index (χ0n) is 34.7. The summed E-state index contributed by atoms with van der Waals surface area (Å²) in [5.74, 6) is -2.77. The van der Waals surface area contributed by atoms with Gasteiger partial charge in [-0.3, -0.25) is 9.59 Å². The number of benzene rings is 1. The number of nitrogens with one attached hydrogen (secondary N) is 1. The van der Waals surface area contributed by atoms with E-state index in [2.05, 4.69) is 57.7 Å². The molecule has 0 radical (unpaired) electrons. The van der Waals surface area contributed by atoms with Crippen LogP contribution in [0.3, 0.4) is 0 Å². The van der Waals surface area contributed by atoms with Crippen LogP contribution in [0.4, 0.5) is 5.69 Å². The number of rotatable bonds is 8. The molecule has 1 aromatic carbocycles. The number of aliphatic carboxylic acids is 1. The first-order chi connectivity index (χ1) is 26.8. The minimum absolute atomic E-state index is 0.0270. The predicted octanol–water partition coefficient (Wildman–Crippen LogP) is 8.23. The van der Waals surface area contributed by atoms with Gasteiger partial charge in [-0.2, -0.15) is 0 Å². The van der Waals surface area contributed by atoms with E-state index >= 15 is 0 Å². The Morgan fingerprint density at radius 2 is 1.60 bits per heavy atom. The fraction of sp³-hybridized carbons (Fsp3) is 0.652. The van der Waals surface area contributed by atoms with Crippen molar-refractivity contribution in [2.75, 3.05) is 32.2 Å². The molecule has 1 heterocycles. The van der Waals surface area contributed by atoms with Crippen LogP contribution >= 0.6 is 0 Å². The van der Waals surface area contributed by atoms with Crippen LogP contribution in [0.15, 0.2) is 48.1 Å². The fourth-order valence-electron chi connectivity index (χ4n) is 13.2. The molecule has 0 aromatic heterocycles. The molecule has 310 valence electrons. The number of aromatic hydroxyl groups is 1. The monoisotopic (exact) mass is 787 g/mol. The van der Waals surface area contributed by atoms with Gasteiger partial charge >= 0.3 is 17.9 Å². The molecule has 7 rings (SSSR count). The van der Waals surface area contributed by atoms with Crippen molar-refractivity contribution in [2.45, 2.75) is 112 Å². The molecular weight excluding hydrogens is 727 g/mol. The van der Waals surface area contributed by atoms with Gasteiger partial charge < -0.3 is 34.5 Å². The second kappa shape index (κ2) is 14.4. The number of phenolic OH excluding ortho intramolecular Hbond substituents is 1. The van der Waals surface area contributed by atoms with Crippen molar-refractivity contribution in [1.29, 1.82) is 0 Å². The van der Waals surface area contributed by atoms with E-state index in [4.69, 9.17) is 14.2 Å². The lowest BCUT2D eigenvalue weighted by Gasteiger charge is -2.72. The second-order valence-electron chi connectivity index (χ2n) is 19.7. The summed E-state index contributed by atoms with van der Waals surface area (Å²) in [7, 11) is 1.21. The molecule has 5 fully saturated rings. The molecule has 4 saturated carbocycles. The number of carboxylic acid groups (broad SMARTS) is 1. The largest absolute Gasteiger partial charge is 0.508 e. The Balaban J connectivity index is 1.22. The van der Waals surface area contributed by atoms with Crippen molar-refractivity contribution >= 4 is 35.6 Å². The van der Waals surface area contributed by atoms with Gasteiger partial charge in [0.05, 0.1) is 25.7 Å². The number of carboxylic acids is 1. The van der Waals surface area contributed by atoms with Crippen molar-refractivity contribution in [3.8, 4) is 5.75 Å². The molecule has 57 heavy (non-hydrogen) atoms. The van der Waals surface area contributed by atoms with Gasteiger partial charge in [-0.25, -0.2) is 9.59 Å². The molecule has 7 atom stereocenters. The van der Waals surface area contributed by atoms with E-state index in [1.165, 1.54) is 43.0 Å². The summed E-state index contributed by atoms with van der Waals surface area (Å²) >= 11 is 0. The highest BCUT2D eigenvalue weighted by Crippen LogP contribution is 2.77. The number of anilines is 1. The molecule has 6 aliphatic rings. The van der Waals surface area contributed by atoms with Crippen molar-refractivity contribution in [2.24, 2.45) is 50.2 Å². The number of phenols is 1. The molecule has 3 unspecified atom stereocenters. The first-order valence-electron chi connectivity index (χ1n) is 20.7. The summed E-state index contributed by atoms with van der Waals surface area (Å²) in [6.07, 6.45) is 15.1. The molecule has 0 bridgehead atoms. The summed E-state index contributed by atoms with van der Waals surface area (Å²) in [6, 6.07) is 4.33. The molecular formula is C46H61NO10. The molecule has 11 heteroatoms. The minimum Gasteiger partial charge on any atom is -0.508 e. The van der Waals surface area contributed by atoms with E-state index in [9.17, 15) is 29.4 Å². The van der Waals surface area contributed by atoms with Crippen molar-refractivity contribution < 1.29 is 48.3 Å². The molecule has 1 amide bonds. The number of methoxy groups -OCH3 is 1. The number of amides is 1.